The van der Waals surface area contributed by atoms with E-state index in [9.17, 15) is 4.79 Å². The lowest BCUT2D eigenvalue weighted by Gasteiger charge is -2.33. The quantitative estimate of drug-likeness (QED) is 0.899. The second-order valence-electron chi connectivity index (χ2n) is 7.59. The van der Waals surface area contributed by atoms with E-state index in [1.54, 1.807) is 0 Å². The van der Waals surface area contributed by atoms with Crippen LogP contribution < -0.4 is 5.32 Å². The highest BCUT2D eigenvalue weighted by atomic mass is 16.5. The Morgan fingerprint density at radius 3 is 2.96 bits per heavy atom. The molecule has 25 heavy (non-hydrogen) atoms. The van der Waals surface area contributed by atoms with Crippen LogP contribution in [0.2, 0.25) is 0 Å². The van der Waals surface area contributed by atoms with E-state index in [0.717, 1.165) is 31.1 Å². The van der Waals surface area contributed by atoms with Crippen molar-refractivity contribution in [3.8, 4) is 0 Å². The van der Waals surface area contributed by atoms with Gasteiger partial charge in [-0.15, -0.1) is 0 Å². The molecule has 1 aromatic rings. The molecular formula is C18H29N5O2. The van der Waals surface area contributed by atoms with E-state index in [0.29, 0.717) is 25.7 Å². The first-order valence-corrected chi connectivity index (χ1v) is 9.59. The van der Waals surface area contributed by atoms with Crippen LogP contribution >= 0.6 is 0 Å². The Labute approximate surface area is 149 Å². The molecule has 2 aliphatic heterocycles. The highest BCUT2D eigenvalue weighted by Gasteiger charge is 2.39. The third-order valence-electron chi connectivity index (χ3n) is 5.67. The Morgan fingerprint density at radius 2 is 2.24 bits per heavy atom. The van der Waals surface area contributed by atoms with Gasteiger partial charge in [0.2, 0.25) is 0 Å². The molecule has 3 aliphatic rings. The van der Waals surface area contributed by atoms with Crippen molar-refractivity contribution < 1.29 is 9.53 Å². The Kier molecular flexibility index (Phi) is 4.69. The monoisotopic (exact) mass is 347 g/mol. The van der Waals surface area contributed by atoms with Crippen molar-refractivity contribution in [2.24, 2.45) is 0 Å². The first-order valence-electron chi connectivity index (χ1n) is 9.59. The van der Waals surface area contributed by atoms with E-state index < -0.39 is 0 Å². The fourth-order valence-electron chi connectivity index (χ4n) is 4.10. The number of rotatable bonds is 4. The topological polar surface area (TPSA) is 62.6 Å². The fourth-order valence-corrected chi connectivity index (χ4v) is 4.10. The van der Waals surface area contributed by atoms with Gasteiger partial charge in [-0.3, -0.25) is 9.58 Å². The average Bonchev–Trinajstić information content (AvgIpc) is 3.23. The van der Waals surface area contributed by atoms with Gasteiger partial charge < -0.3 is 15.0 Å². The van der Waals surface area contributed by atoms with E-state index in [4.69, 9.17) is 4.74 Å². The molecule has 3 atom stereocenters. The molecule has 0 aromatic carbocycles. The van der Waals surface area contributed by atoms with E-state index in [2.05, 4.69) is 29.2 Å². The van der Waals surface area contributed by atoms with Gasteiger partial charge in [0.15, 0.2) is 0 Å². The maximum atomic E-state index is 12.7. The standard InChI is InChI=1S/C18H29N5O2/c1-3-22-10-14(9-19-22)17-12-21(6-7-25-17)18(24)20-15-8-13(2)23(11-15)16-4-5-16/h9-10,13,15-17H,3-8,11-12H2,1-2H3,(H,20,24)/t13-,15+,17-/m0/s1. The maximum absolute atomic E-state index is 12.7. The van der Waals surface area contributed by atoms with E-state index in [1.165, 1.54) is 12.8 Å². The number of morpholine rings is 1. The molecule has 0 spiro atoms. The van der Waals surface area contributed by atoms with Gasteiger partial charge in [0.1, 0.15) is 6.10 Å². The van der Waals surface area contributed by atoms with Crippen molar-refractivity contribution in [2.75, 3.05) is 26.2 Å². The Bertz CT molecular complexity index is 614. The molecule has 2 saturated heterocycles. The molecule has 1 N–H and O–H groups in total. The Hall–Kier alpha value is -1.60. The van der Waals surface area contributed by atoms with E-state index in [-0.39, 0.29) is 18.2 Å². The smallest absolute Gasteiger partial charge is 0.317 e. The van der Waals surface area contributed by atoms with Crippen molar-refractivity contribution in [1.29, 1.82) is 0 Å². The van der Waals surface area contributed by atoms with Crippen LogP contribution in [0.25, 0.3) is 0 Å². The number of nitrogens with zero attached hydrogens (tertiary/aromatic N) is 4. The summed E-state index contributed by atoms with van der Waals surface area (Å²) in [6.07, 6.45) is 7.48. The molecule has 0 unspecified atom stereocenters. The number of amides is 2. The maximum Gasteiger partial charge on any atom is 0.317 e. The second-order valence-corrected chi connectivity index (χ2v) is 7.59. The summed E-state index contributed by atoms with van der Waals surface area (Å²) in [5.41, 5.74) is 1.05. The lowest BCUT2D eigenvalue weighted by atomic mass is 10.1. The van der Waals surface area contributed by atoms with Crippen molar-refractivity contribution in [2.45, 2.75) is 63.9 Å². The van der Waals surface area contributed by atoms with Crippen LogP contribution in [0.15, 0.2) is 12.4 Å². The van der Waals surface area contributed by atoms with Gasteiger partial charge in [-0.1, -0.05) is 0 Å². The zero-order chi connectivity index (χ0) is 17.4. The molecule has 4 rings (SSSR count). The van der Waals surface area contributed by atoms with Crippen molar-refractivity contribution in [3.05, 3.63) is 18.0 Å². The largest absolute Gasteiger partial charge is 0.370 e. The molecule has 1 aromatic heterocycles. The summed E-state index contributed by atoms with van der Waals surface area (Å²) in [4.78, 5) is 17.2. The van der Waals surface area contributed by atoms with E-state index in [1.807, 2.05) is 22.0 Å². The van der Waals surface area contributed by atoms with Crippen molar-refractivity contribution >= 4 is 6.03 Å². The molecule has 138 valence electrons. The van der Waals surface area contributed by atoms with Crippen molar-refractivity contribution in [3.63, 3.8) is 0 Å². The van der Waals surface area contributed by atoms with Gasteiger partial charge in [-0.05, 0) is 33.1 Å². The predicted octanol–water partition coefficient (Wildman–Crippen LogP) is 1.61. The molecule has 0 bridgehead atoms. The lowest BCUT2D eigenvalue weighted by Crippen LogP contribution is -2.50. The summed E-state index contributed by atoms with van der Waals surface area (Å²) < 4.78 is 7.76. The summed E-state index contributed by atoms with van der Waals surface area (Å²) in [6, 6.07) is 1.66. The highest BCUT2D eigenvalue weighted by Crippen LogP contribution is 2.33. The molecule has 1 saturated carbocycles. The average molecular weight is 347 g/mol. The van der Waals surface area contributed by atoms with Crippen LogP contribution in [0.1, 0.15) is 44.8 Å². The van der Waals surface area contributed by atoms with Gasteiger partial charge in [0, 0.05) is 49.5 Å². The first kappa shape index (κ1) is 16.8. The third kappa shape index (κ3) is 3.67. The SMILES string of the molecule is CCn1cc([C@@H]2CN(C(=O)N[C@@H]3C[C@H](C)N(C4CC4)C3)CCO2)cn1. The molecule has 0 radical (unpaired) electrons. The van der Waals surface area contributed by atoms with Gasteiger partial charge in [-0.25, -0.2) is 4.79 Å². The third-order valence-corrected chi connectivity index (χ3v) is 5.67. The van der Waals surface area contributed by atoms with Crippen molar-refractivity contribution in [1.82, 2.24) is 24.9 Å². The molecule has 2 amide bonds. The number of urea groups is 1. The number of ether oxygens (including phenoxy) is 1. The predicted molar refractivity (Wildman–Crippen MR) is 94.3 cm³/mol. The summed E-state index contributed by atoms with van der Waals surface area (Å²) >= 11 is 0. The second kappa shape index (κ2) is 6.96. The minimum Gasteiger partial charge on any atom is -0.370 e. The Morgan fingerprint density at radius 1 is 1.40 bits per heavy atom. The number of hydrogen-bond acceptors (Lipinski definition) is 4. The Balaban J connectivity index is 1.32. The minimum atomic E-state index is -0.0785. The number of hydrogen-bond donors (Lipinski definition) is 1. The highest BCUT2D eigenvalue weighted by molar-refractivity contribution is 5.74. The number of likely N-dealkylation sites (tertiary alicyclic amines) is 1. The molecular weight excluding hydrogens is 318 g/mol. The fraction of sp³-hybridized carbons (Fsp3) is 0.778. The normalized spacial score (nSPS) is 30.6. The minimum absolute atomic E-state index is 0.0473. The van der Waals surface area contributed by atoms with Crippen LogP contribution in [0.5, 0.6) is 0 Å². The van der Waals surface area contributed by atoms with Crippen LogP contribution in [-0.4, -0.2) is 70.0 Å². The van der Waals surface area contributed by atoms with Crippen LogP contribution in [0.3, 0.4) is 0 Å². The summed E-state index contributed by atoms with van der Waals surface area (Å²) in [5.74, 6) is 0. The van der Waals surface area contributed by atoms with Gasteiger partial charge >= 0.3 is 6.03 Å². The first-order chi connectivity index (χ1) is 12.1. The summed E-state index contributed by atoms with van der Waals surface area (Å²) in [5, 5.41) is 7.56. The number of carbonyl (C=O) groups excluding carboxylic acids is 1. The zero-order valence-electron chi connectivity index (χ0n) is 15.2. The zero-order valence-corrected chi connectivity index (χ0v) is 15.2. The number of nitrogens with one attached hydrogen (secondary N) is 1. The lowest BCUT2D eigenvalue weighted by molar-refractivity contribution is -0.0158. The molecule has 7 nitrogen and oxygen atoms in total. The van der Waals surface area contributed by atoms with Crippen LogP contribution in [0.4, 0.5) is 4.79 Å². The van der Waals surface area contributed by atoms with Gasteiger partial charge in [0.25, 0.3) is 0 Å². The number of aryl methyl sites for hydroxylation is 1. The molecule has 3 heterocycles. The molecule has 7 heteroatoms. The van der Waals surface area contributed by atoms with Gasteiger partial charge in [-0.2, -0.15) is 5.10 Å². The summed E-state index contributed by atoms with van der Waals surface area (Å²) in [7, 11) is 0. The van der Waals surface area contributed by atoms with E-state index >= 15 is 0 Å². The van der Waals surface area contributed by atoms with Crippen LogP contribution in [0, 0.1) is 0 Å². The van der Waals surface area contributed by atoms with Gasteiger partial charge in [0.05, 0.1) is 19.3 Å². The number of carbonyl (C=O) groups is 1. The van der Waals surface area contributed by atoms with Crippen LogP contribution in [-0.2, 0) is 11.3 Å². The summed E-state index contributed by atoms with van der Waals surface area (Å²) in [6.45, 7) is 7.99. The molecule has 1 aliphatic carbocycles. The molecule has 3 fully saturated rings. The number of aromatic nitrogens is 2.